The van der Waals surface area contributed by atoms with Crippen LogP contribution in [-0.2, 0) is 9.59 Å². The highest BCUT2D eigenvalue weighted by Gasteiger charge is 2.35. The Morgan fingerprint density at radius 2 is 1.83 bits per heavy atom. The average Bonchev–Trinajstić information content (AvgIpc) is 3.28. The summed E-state index contributed by atoms with van der Waals surface area (Å²) in [6, 6.07) is 13.3. The van der Waals surface area contributed by atoms with E-state index in [0.29, 0.717) is 11.6 Å². The molecule has 5 rings (SSSR count). The first-order chi connectivity index (χ1) is 14.6. The van der Waals surface area contributed by atoms with Gasteiger partial charge >= 0.3 is 0 Å². The fourth-order valence-corrected chi connectivity index (χ4v) is 4.22. The normalized spacial score (nSPS) is 18.2. The molecule has 0 bridgehead atoms. The monoisotopic (exact) mass is 403 g/mol. The van der Waals surface area contributed by atoms with E-state index in [9.17, 15) is 14.4 Å². The van der Waals surface area contributed by atoms with E-state index in [0.717, 1.165) is 36.7 Å². The highest BCUT2D eigenvalue weighted by Crippen LogP contribution is 2.32. The zero-order chi connectivity index (χ0) is 20.7. The summed E-state index contributed by atoms with van der Waals surface area (Å²) >= 11 is 0. The maximum absolute atomic E-state index is 13.1. The zero-order valence-corrected chi connectivity index (χ0v) is 16.3. The summed E-state index contributed by atoms with van der Waals surface area (Å²) in [6.45, 7) is 1.61. The Balaban J connectivity index is 1.50. The summed E-state index contributed by atoms with van der Waals surface area (Å²) in [6.07, 6.45) is 1.96. The predicted molar refractivity (Wildman–Crippen MR) is 115 cm³/mol. The number of anilines is 3. The predicted octanol–water partition coefficient (Wildman–Crippen LogP) is 2.59. The van der Waals surface area contributed by atoms with E-state index < -0.39 is 11.8 Å². The van der Waals surface area contributed by atoms with Gasteiger partial charge in [-0.05, 0) is 24.3 Å². The molecule has 2 aliphatic rings. The molecule has 0 radical (unpaired) electrons. The van der Waals surface area contributed by atoms with E-state index in [1.807, 2.05) is 47.4 Å². The van der Waals surface area contributed by atoms with E-state index in [4.69, 9.17) is 0 Å². The van der Waals surface area contributed by atoms with Gasteiger partial charge in [-0.3, -0.25) is 19.4 Å². The lowest BCUT2D eigenvalue weighted by Crippen LogP contribution is -2.37. The van der Waals surface area contributed by atoms with Crippen molar-refractivity contribution < 1.29 is 9.59 Å². The van der Waals surface area contributed by atoms with Gasteiger partial charge in [-0.25, -0.2) is 0 Å². The van der Waals surface area contributed by atoms with Crippen LogP contribution < -0.4 is 21.1 Å². The quantitative estimate of drug-likeness (QED) is 0.623. The molecular weight excluding hydrogens is 382 g/mol. The number of fused-ring (bicyclic) bond motifs is 2. The first kappa shape index (κ1) is 18.4. The molecule has 2 aliphatic heterocycles. The highest BCUT2D eigenvalue weighted by atomic mass is 16.2. The van der Waals surface area contributed by atoms with Crippen LogP contribution in [0.15, 0.2) is 47.3 Å². The molecule has 8 nitrogen and oxygen atoms in total. The van der Waals surface area contributed by atoms with Crippen LogP contribution in [0.5, 0.6) is 0 Å². The van der Waals surface area contributed by atoms with Gasteiger partial charge in [0.2, 0.25) is 17.8 Å². The molecule has 0 unspecified atom stereocenters. The van der Waals surface area contributed by atoms with Gasteiger partial charge in [0.15, 0.2) is 0 Å². The molecule has 3 aromatic rings. The molecule has 152 valence electrons. The van der Waals surface area contributed by atoms with Crippen molar-refractivity contribution in [2.45, 2.75) is 25.2 Å². The smallest absolute Gasteiger partial charge is 0.258 e. The first-order valence-corrected chi connectivity index (χ1v) is 10.1. The van der Waals surface area contributed by atoms with Gasteiger partial charge < -0.3 is 15.5 Å². The SMILES string of the molecule is O=C1C[C@H](C(=O)Nc2cccc3ccccc23)c2c(nc(N3CCCC3)[nH]c2=O)N1. The number of H-pyrrole nitrogens is 1. The van der Waals surface area contributed by atoms with Crippen LogP contribution in [0, 0.1) is 0 Å². The maximum Gasteiger partial charge on any atom is 0.258 e. The minimum atomic E-state index is -0.906. The topological polar surface area (TPSA) is 107 Å². The summed E-state index contributed by atoms with van der Waals surface area (Å²) in [7, 11) is 0. The number of nitrogens with one attached hydrogen (secondary N) is 3. The summed E-state index contributed by atoms with van der Waals surface area (Å²) in [5, 5.41) is 7.46. The molecule has 2 amide bonds. The van der Waals surface area contributed by atoms with Crippen molar-refractivity contribution in [2.24, 2.45) is 0 Å². The number of amides is 2. The Bertz CT molecular complexity index is 1210. The molecule has 8 heteroatoms. The average molecular weight is 403 g/mol. The summed E-state index contributed by atoms with van der Waals surface area (Å²) < 4.78 is 0. The number of benzene rings is 2. The van der Waals surface area contributed by atoms with Crippen molar-refractivity contribution in [3.05, 3.63) is 58.4 Å². The number of nitrogens with zero attached hydrogens (tertiary/aromatic N) is 2. The second kappa shape index (κ2) is 7.29. The van der Waals surface area contributed by atoms with Crippen molar-refractivity contribution in [3.63, 3.8) is 0 Å². The number of aromatic nitrogens is 2. The molecule has 1 fully saturated rings. The number of hydrogen-bond acceptors (Lipinski definition) is 5. The van der Waals surface area contributed by atoms with Crippen LogP contribution in [0.2, 0.25) is 0 Å². The molecule has 2 aromatic carbocycles. The number of rotatable bonds is 3. The summed E-state index contributed by atoms with van der Waals surface area (Å²) in [5.41, 5.74) is 0.457. The van der Waals surface area contributed by atoms with Gasteiger partial charge in [0.05, 0.1) is 11.5 Å². The molecule has 1 saturated heterocycles. The van der Waals surface area contributed by atoms with Crippen molar-refractivity contribution in [1.29, 1.82) is 0 Å². The molecule has 1 aromatic heterocycles. The largest absolute Gasteiger partial charge is 0.342 e. The van der Waals surface area contributed by atoms with Gasteiger partial charge in [0.25, 0.3) is 5.56 Å². The second-order valence-electron chi connectivity index (χ2n) is 7.67. The fraction of sp³-hybridized carbons (Fsp3) is 0.273. The lowest BCUT2D eigenvalue weighted by atomic mass is 9.92. The van der Waals surface area contributed by atoms with E-state index >= 15 is 0 Å². The highest BCUT2D eigenvalue weighted by molar-refractivity contribution is 6.08. The van der Waals surface area contributed by atoms with Crippen LogP contribution in [-0.4, -0.2) is 34.9 Å². The van der Waals surface area contributed by atoms with Crippen molar-refractivity contribution in [3.8, 4) is 0 Å². The third-order valence-corrected chi connectivity index (χ3v) is 5.71. The second-order valence-corrected chi connectivity index (χ2v) is 7.67. The van der Waals surface area contributed by atoms with Gasteiger partial charge in [0, 0.05) is 30.6 Å². The molecule has 0 spiro atoms. The van der Waals surface area contributed by atoms with Crippen LogP contribution in [0.3, 0.4) is 0 Å². The van der Waals surface area contributed by atoms with Crippen LogP contribution in [0.1, 0.15) is 30.7 Å². The number of aromatic amines is 1. The lowest BCUT2D eigenvalue weighted by Gasteiger charge is -2.25. The molecule has 30 heavy (non-hydrogen) atoms. The van der Waals surface area contributed by atoms with Crippen molar-refractivity contribution >= 4 is 40.0 Å². The molecule has 3 N–H and O–H groups in total. The molecule has 1 atom stereocenters. The van der Waals surface area contributed by atoms with E-state index in [2.05, 4.69) is 20.6 Å². The number of carbonyl (C=O) groups excluding carboxylic acids is 2. The molecule has 0 saturated carbocycles. The van der Waals surface area contributed by atoms with Crippen LogP contribution in [0.25, 0.3) is 10.8 Å². The Morgan fingerprint density at radius 1 is 1.07 bits per heavy atom. The first-order valence-electron chi connectivity index (χ1n) is 10.1. The third kappa shape index (κ3) is 3.20. The summed E-state index contributed by atoms with van der Waals surface area (Å²) in [5.74, 6) is -1.02. The number of hydrogen-bond donors (Lipinski definition) is 3. The van der Waals surface area contributed by atoms with Crippen molar-refractivity contribution in [2.75, 3.05) is 28.6 Å². The van der Waals surface area contributed by atoms with Gasteiger partial charge in [-0.1, -0.05) is 36.4 Å². The Labute approximate surface area is 172 Å². The molecular formula is C22H21N5O3. The molecule has 3 heterocycles. The van der Waals surface area contributed by atoms with Gasteiger partial charge in [0.1, 0.15) is 5.82 Å². The molecule has 0 aliphatic carbocycles. The minimum absolute atomic E-state index is 0.0998. The minimum Gasteiger partial charge on any atom is -0.342 e. The Hall–Kier alpha value is -3.68. The lowest BCUT2D eigenvalue weighted by molar-refractivity contribution is -0.123. The van der Waals surface area contributed by atoms with E-state index in [1.54, 1.807) is 0 Å². The van der Waals surface area contributed by atoms with Gasteiger partial charge in [-0.15, -0.1) is 0 Å². The Morgan fingerprint density at radius 3 is 2.67 bits per heavy atom. The van der Waals surface area contributed by atoms with Crippen LogP contribution in [0.4, 0.5) is 17.5 Å². The van der Waals surface area contributed by atoms with Crippen LogP contribution >= 0.6 is 0 Å². The third-order valence-electron chi connectivity index (χ3n) is 5.71. The maximum atomic E-state index is 13.1. The Kier molecular flexibility index (Phi) is 4.46. The zero-order valence-electron chi connectivity index (χ0n) is 16.3. The van der Waals surface area contributed by atoms with Gasteiger partial charge in [-0.2, -0.15) is 4.98 Å². The van der Waals surface area contributed by atoms with E-state index in [1.165, 1.54) is 0 Å². The fourth-order valence-electron chi connectivity index (χ4n) is 4.22. The van der Waals surface area contributed by atoms with Crippen molar-refractivity contribution in [1.82, 2.24) is 9.97 Å². The van der Waals surface area contributed by atoms with E-state index in [-0.39, 0.29) is 29.3 Å². The number of carbonyl (C=O) groups is 2. The summed E-state index contributed by atoms with van der Waals surface area (Å²) in [4.78, 5) is 47.5. The standard InChI is InChI=1S/C22H21N5O3/c28-17-12-15(20(29)23-16-9-5-7-13-6-1-2-8-14(13)16)18-19(24-17)25-22(26-21(18)30)27-10-3-4-11-27/h1-2,5-9,15H,3-4,10-12H2,(H,23,29)(H2,24,25,26,28,30)/t15-/m0/s1.